The topological polar surface area (TPSA) is 48.8 Å². The molecule has 6 rings (SSSR count). The Morgan fingerprint density at radius 3 is 2.70 bits per heavy atom. The average Bonchev–Trinajstić information content (AvgIpc) is 3.49. The summed E-state index contributed by atoms with van der Waals surface area (Å²) in [5.74, 6) is 5.16. The molecule has 6 nitrogen and oxygen atoms in total. The summed E-state index contributed by atoms with van der Waals surface area (Å²) in [5.41, 5.74) is 3.69. The number of hydrogen-bond acceptors (Lipinski definition) is 5. The summed E-state index contributed by atoms with van der Waals surface area (Å²) in [6, 6.07) is 14.6. The molecule has 4 heterocycles. The van der Waals surface area contributed by atoms with Gasteiger partial charge in [-0.15, -0.1) is 0 Å². The van der Waals surface area contributed by atoms with Crippen LogP contribution in [0.25, 0.3) is 11.3 Å². The molecular formula is C24H25N3O3. The lowest BCUT2D eigenvalue weighted by molar-refractivity contribution is 0.174. The molecule has 0 aliphatic carbocycles. The zero-order chi connectivity index (χ0) is 20.1. The predicted molar refractivity (Wildman–Crippen MR) is 113 cm³/mol. The molecule has 2 unspecified atom stereocenters. The SMILES string of the molecule is COc1ccc(-c2cnc3n2CC2CN(Cc4ccc5c(c4)OCO5)CC2C3)cc1. The van der Waals surface area contributed by atoms with Crippen LogP contribution < -0.4 is 14.2 Å². The Morgan fingerprint density at radius 2 is 1.83 bits per heavy atom. The first-order valence-electron chi connectivity index (χ1n) is 10.6. The van der Waals surface area contributed by atoms with E-state index in [0.717, 1.165) is 49.8 Å². The monoisotopic (exact) mass is 403 g/mol. The van der Waals surface area contributed by atoms with E-state index in [1.807, 2.05) is 24.4 Å². The van der Waals surface area contributed by atoms with Crippen molar-refractivity contribution in [2.75, 3.05) is 27.0 Å². The van der Waals surface area contributed by atoms with E-state index in [2.05, 4.69) is 33.7 Å². The lowest BCUT2D eigenvalue weighted by Gasteiger charge is -2.27. The molecule has 1 fully saturated rings. The zero-order valence-corrected chi connectivity index (χ0v) is 17.1. The predicted octanol–water partition coefficient (Wildman–Crippen LogP) is 3.59. The number of benzene rings is 2. The fraction of sp³-hybridized carbons (Fsp3) is 0.375. The van der Waals surface area contributed by atoms with E-state index < -0.39 is 0 Å². The maximum Gasteiger partial charge on any atom is 0.231 e. The van der Waals surface area contributed by atoms with Gasteiger partial charge < -0.3 is 18.8 Å². The van der Waals surface area contributed by atoms with E-state index in [1.54, 1.807) is 7.11 Å². The molecule has 1 saturated heterocycles. The Morgan fingerprint density at radius 1 is 1.00 bits per heavy atom. The van der Waals surface area contributed by atoms with Crippen LogP contribution in [-0.4, -0.2) is 41.4 Å². The molecule has 2 aromatic carbocycles. The van der Waals surface area contributed by atoms with Crippen LogP contribution in [0.2, 0.25) is 0 Å². The highest BCUT2D eigenvalue weighted by Gasteiger charge is 2.38. The normalized spacial score (nSPS) is 22.0. The van der Waals surface area contributed by atoms with Gasteiger partial charge in [0.1, 0.15) is 11.6 Å². The van der Waals surface area contributed by atoms with Gasteiger partial charge in [0.15, 0.2) is 11.5 Å². The highest BCUT2D eigenvalue weighted by Crippen LogP contribution is 2.37. The van der Waals surface area contributed by atoms with Crippen molar-refractivity contribution in [3.63, 3.8) is 0 Å². The third kappa shape index (κ3) is 3.03. The van der Waals surface area contributed by atoms with Gasteiger partial charge >= 0.3 is 0 Å². The van der Waals surface area contributed by atoms with Crippen molar-refractivity contribution >= 4 is 0 Å². The maximum atomic E-state index is 5.54. The number of hydrogen-bond donors (Lipinski definition) is 0. The fourth-order valence-electron chi connectivity index (χ4n) is 5.14. The van der Waals surface area contributed by atoms with Crippen molar-refractivity contribution in [1.82, 2.24) is 14.5 Å². The van der Waals surface area contributed by atoms with Gasteiger partial charge in [0.05, 0.1) is 19.0 Å². The molecule has 3 aromatic rings. The summed E-state index contributed by atoms with van der Waals surface area (Å²) in [6.45, 7) is 4.58. The Hall–Kier alpha value is -2.99. The molecule has 0 amide bonds. The molecule has 0 radical (unpaired) electrons. The van der Waals surface area contributed by atoms with Crippen LogP contribution in [-0.2, 0) is 19.5 Å². The molecule has 3 aliphatic rings. The van der Waals surface area contributed by atoms with Crippen LogP contribution in [0.4, 0.5) is 0 Å². The van der Waals surface area contributed by atoms with Gasteiger partial charge in [-0.1, -0.05) is 6.07 Å². The minimum Gasteiger partial charge on any atom is -0.497 e. The first-order chi connectivity index (χ1) is 14.8. The van der Waals surface area contributed by atoms with Crippen molar-refractivity contribution < 1.29 is 14.2 Å². The molecule has 0 saturated carbocycles. The minimum absolute atomic E-state index is 0.328. The quantitative estimate of drug-likeness (QED) is 0.666. The molecule has 1 aromatic heterocycles. The molecule has 6 heteroatoms. The van der Waals surface area contributed by atoms with Crippen LogP contribution in [0.15, 0.2) is 48.7 Å². The van der Waals surface area contributed by atoms with Gasteiger partial charge in [-0.25, -0.2) is 4.98 Å². The number of aromatic nitrogens is 2. The van der Waals surface area contributed by atoms with Gasteiger partial charge in [-0.3, -0.25) is 4.90 Å². The second-order valence-electron chi connectivity index (χ2n) is 8.50. The van der Waals surface area contributed by atoms with Crippen LogP contribution in [0.1, 0.15) is 11.4 Å². The number of methoxy groups -OCH3 is 1. The lowest BCUT2D eigenvalue weighted by Crippen LogP contribution is -2.28. The standard InChI is InChI=1S/C24H25N3O3/c1-28-20-5-3-17(4-6-20)21-10-25-24-9-18-12-26(13-19(18)14-27(21)24)11-16-2-7-22-23(8-16)30-15-29-22/h2-8,10,18-19H,9,11-15H2,1H3. The van der Waals surface area contributed by atoms with Crippen molar-refractivity contribution in [2.24, 2.45) is 11.8 Å². The van der Waals surface area contributed by atoms with E-state index in [9.17, 15) is 0 Å². The van der Waals surface area contributed by atoms with Crippen molar-refractivity contribution in [1.29, 1.82) is 0 Å². The van der Waals surface area contributed by atoms with Crippen molar-refractivity contribution in [3.05, 3.63) is 60.0 Å². The molecule has 0 bridgehead atoms. The third-order valence-corrected chi connectivity index (χ3v) is 6.68. The van der Waals surface area contributed by atoms with E-state index in [0.29, 0.717) is 18.6 Å². The minimum atomic E-state index is 0.328. The average molecular weight is 403 g/mol. The fourth-order valence-corrected chi connectivity index (χ4v) is 5.14. The number of ether oxygens (including phenoxy) is 3. The Bertz CT molecular complexity index is 1080. The van der Waals surface area contributed by atoms with Gasteiger partial charge in [0, 0.05) is 38.2 Å². The molecule has 0 spiro atoms. The van der Waals surface area contributed by atoms with E-state index >= 15 is 0 Å². The van der Waals surface area contributed by atoms with E-state index in [1.165, 1.54) is 22.6 Å². The van der Waals surface area contributed by atoms with Crippen LogP contribution in [0.3, 0.4) is 0 Å². The summed E-state index contributed by atoms with van der Waals surface area (Å²) in [4.78, 5) is 7.34. The number of nitrogens with zero attached hydrogens (tertiary/aromatic N) is 3. The first-order valence-corrected chi connectivity index (χ1v) is 10.6. The molecule has 154 valence electrons. The number of rotatable bonds is 4. The van der Waals surface area contributed by atoms with Gasteiger partial charge in [-0.05, 0) is 53.8 Å². The summed E-state index contributed by atoms with van der Waals surface area (Å²) in [5, 5.41) is 0. The molecular weight excluding hydrogens is 378 g/mol. The van der Waals surface area contributed by atoms with Crippen LogP contribution in [0.5, 0.6) is 17.2 Å². The van der Waals surface area contributed by atoms with Gasteiger partial charge in [0.2, 0.25) is 6.79 Å². The molecule has 0 N–H and O–H groups in total. The van der Waals surface area contributed by atoms with E-state index in [4.69, 9.17) is 19.2 Å². The smallest absolute Gasteiger partial charge is 0.231 e. The Balaban J connectivity index is 1.18. The number of likely N-dealkylation sites (tertiary alicyclic amines) is 1. The third-order valence-electron chi connectivity index (χ3n) is 6.68. The number of fused-ring (bicyclic) bond motifs is 3. The highest BCUT2D eigenvalue weighted by atomic mass is 16.7. The zero-order valence-electron chi connectivity index (χ0n) is 17.1. The molecule has 30 heavy (non-hydrogen) atoms. The second-order valence-corrected chi connectivity index (χ2v) is 8.50. The Kier molecular flexibility index (Phi) is 4.20. The summed E-state index contributed by atoms with van der Waals surface area (Å²) in [6.07, 6.45) is 3.08. The van der Waals surface area contributed by atoms with Crippen LogP contribution >= 0.6 is 0 Å². The highest BCUT2D eigenvalue weighted by molar-refractivity contribution is 5.60. The summed E-state index contributed by atoms with van der Waals surface area (Å²) < 4.78 is 18.7. The summed E-state index contributed by atoms with van der Waals surface area (Å²) in [7, 11) is 1.70. The van der Waals surface area contributed by atoms with E-state index in [-0.39, 0.29) is 0 Å². The maximum absolute atomic E-state index is 5.54. The first kappa shape index (κ1) is 17.8. The van der Waals surface area contributed by atoms with Gasteiger partial charge in [-0.2, -0.15) is 0 Å². The number of imidazole rings is 1. The van der Waals surface area contributed by atoms with Crippen molar-refractivity contribution in [2.45, 2.75) is 19.5 Å². The largest absolute Gasteiger partial charge is 0.497 e. The lowest BCUT2D eigenvalue weighted by atomic mass is 9.89. The Labute approximate surface area is 176 Å². The van der Waals surface area contributed by atoms with Crippen molar-refractivity contribution in [3.8, 4) is 28.5 Å². The second kappa shape index (κ2) is 7.06. The van der Waals surface area contributed by atoms with Crippen LogP contribution in [0, 0.1) is 11.8 Å². The summed E-state index contributed by atoms with van der Waals surface area (Å²) >= 11 is 0. The molecule has 2 atom stereocenters. The van der Waals surface area contributed by atoms with Gasteiger partial charge in [0.25, 0.3) is 0 Å². The molecule has 3 aliphatic heterocycles.